The van der Waals surface area contributed by atoms with Crippen LogP contribution in [0.1, 0.15) is 29.8 Å². The molecule has 3 nitrogen and oxygen atoms in total. The molecule has 0 aliphatic rings. The van der Waals surface area contributed by atoms with E-state index in [1.165, 1.54) is 18.2 Å². The van der Waals surface area contributed by atoms with E-state index < -0.39 is 0 Å². The van der Waals surface area contributed by atoms with Gasteiger partial charge in [0, 0.05) is 5.56 Å². The highest BCUT2D eigenvalue weighted by molar-refractivity contribution is 6.06. The van der Waals surface area contributed by atoms with Gasteiger partial charge < -0.3 is 9.84 Å². The van der Waals surface area contributed by atoms with E-state index in [9.17, 15) is 9.90 Å². The molecule has 0 fully saturated rings. The SMILES string of the molecule is CC(C)Oc1ccc(/C=C/C(=O)c2ccc(O)cc2)cc1. The van der Waals surface area contributed by atoms with Crippen molar-refractivity contribution < 1.29 is 14.6 Å². The van der Waals surface area contributed by atoms with Gasteiger partial charge in [-0.05, 0) is 61.9 Å². The summed E-state index contributed by atoms with van der Waals surface area (Å²) >= 11 is 0. The summed E-state index contributed by atoms with van der Waals surface area (Å²) in [7, 11) is 0. The van der Waals surface area contributed by atoms with Gasteiger partial charge in [-0.3, -0.25) is 4.79 Å². The van der Waals surface area contributed by atoms with Crippen LogP contribution in [0.3, 0.4) is 0 Å². The Morgan fingerprint density at radius 2 is 1.67 bits per heavy atom. The van der Waals surface area contributed by atoms with Crippen molar-refractivity contribution in [2.24, 2.45) is 0 Å². The quantitative estimate of drug-likeness (QED) is 0.664. The Hall–Kier alpha value is -2.55. The number of allylic oxidation sites excluding steroid dienone is 1. The smallest absolute Gasteiger partial charge is 0.185 e. The largest absolute Gasteiger partial charge is 0.508 e. The molecule has 108 valence electrons. The van der Waals surface area contributed by atoms with Gasteiger partial charge >= 0.3 is 0 Å². The zero-order chi connectivity index (χ0) is 15.2. The number of hydrogen-bond acceptors (Lipinski definition) is 3. The molecule has 0 saturated carbocycles. The van der Waals surface area contributed by atoms with Crippen LogP contribution in [0.15, 0.2) is 54.6 Å². The summed E-state index contributed by atoms with van der Waals surface area (Å²) in [4.78, 5) is 11.9. The van der Waals surface area contributed by atoms with Gasteiger partial charge in [-0.1, -0.05) is 18.2 Å². The lowest BCUT2D eigenvalue weighted by Gasteiger charge is -2.09. The molecule has 0 spiro atoms. The molecule has 0 unspecified atom stereocenters. The summed E-state index contributed by atoms with van der Waals surface area (Å²) in [6, 6.07) is 13.8. The Kier molecular flexibility index (Phi) is 4.77. The van der Waals surface area contributed by atoms with Crippen molar-refractivity contribution in [1.82, 2.24) is 0 Å². The van der Waals surface area contributed by atoms with E-state index in [0.29, 0.717) is 5.56 Å². The number of ketones is 1. The zero-order valence-electron chi connectivity index (χ0n) is 12.1. The third-order valence-corrected chi connectivity index (χ3v) is 2.83. The molecule has 0 saturated heterocycles. The van der Waals surface area contributed by atoms with E-state index in [4.69, 9.17) is 4.74 Å². The first-order valence-corrected chi connectivity index (χ1v) is 6.83. The topological polar surface area (TPSA) is 46.5 Å². The molecule has 0 heterocycles. The number of ether oxygens (including phenoxy) is 1. The Labute approximate surface area is 124 Å². The van der Waals surface area contributed by atoms with Gasteiger partial charge in [-0.2, -0.15) is 0 Å². The van der Waals surface area contributed by atoms with Crippen molar-refractivity contribution in [3.05, 3.63) is 65.7 Å². The first-order valence-electron chi connectivity index (χ1n) is 6.83. The molecule has 0 aliphatic carbocycles. The van der Waals surface area contributed by atoms with Crippen molar-refractivity contribution in [3.8, 4) is 11.5 Å². The number of benzene rings is 2. The number of phenols is 1. The molecule has 2 rings (SSSR count). The molecule has 0 bridgehead atoms. The standard InChI is InChI=1S/C18H18O3/c1-13(2)21-17-10-3-14(4-11-17)5-12-18(20)15-6-8-16(19)9-7-15/h3-13,19H,1-2H3/b12-5+. The lowest BCUT2D eigenvalue weighted by molar-refractivity contribution is 0.104. The number of hydrogen-bond donors (Lipinski definition) is 1. The fourth-order valence-corrected chi connectivity index (χ4v) is 1.82. The highest BCUT2D eigenvalue weighted by Crippen LogP contribution is 2.15. The van der Waals surface area contributed by atoms with Gasteiger partial charge in [-0.15, -0.1) is 0 Å². The van der Waals surface area contributed by atoms with E-state index >= 15 is 0 Å². The second kappa shape index (κ2) is 6.75. The third kappa shape index (κ3) is 4.49. The minimum absolute atomic E-state index is 0.0995. The van der Waals surface area contributed by atoms with Gasteiger partial charge in [0.1, 0.15) is 11.5 Å². The lowest BCUT2D eigenvalue weighted by Crippen LogP contribution is -2.05. The maximum absolute atomic E-state index is 11.9. The van der Waals surface area contributed by atoms with E-state index in [1.54, 1.807) is 18.2 Å². The number of phenolic OH excluding ortho intramolecular Hbond substituents is 1. The van der Waals surface area contributed by atoms with Crippen molar-refractivity contribution in [3.63, 3.8) is 0 Å². The van der Waals surface area contributed by atoms with Crippen LogP contribution >= 0.6 is 0 Å². The summed E-state index contributed by atoms with van der Waals surface area (Å²) in [5.74, 6) is 0.862. The number of carbonyl (C=O) groups is 1. The van der Waals surface area contributed by atoms with Crippen molar-refractivity contribution in [2.45, 2.75) is 20.0 Å². The van der Waals surface area contributed by atoms with Crippen molar-refractivity contribution in [1.29, 1.82) is 0 Å². The normalized spacial score (nSPS) is 11.0. The van der Waals surface area contributed by atoms with Crippen LogP contribution in [0, 0.1) is 0 Å². The Morgan fingerprint density at radius 3 is 2.24 bits per heavy atom. The summed E-state index contributed by atoms with van der Waals surface area (Å²) in [5.41, 5.74) is 1.47. The molecule has 0 amide bonds. The van der Waals surface area contributed by atoms with Crippen LogP contribution in [0.4, 0.5) is 0 Å². The van der Waals surface area contributed by atoms with Gasteiger partial charge in [-0.25, -0.2) is 0 Å². The maximum atomic E-state index is 11.9. The van der Waals surface area contributed by atoms with Crippen LogP contribution < -0.4 is 4.74 Å². The number of carbonyl (C=O) groups excluding carboxylic acids is 1. The van der Waals surface area contributed by atoms with E-state index in [1.807, 2.05) is 38.1 Å². The molecule has 1 N–H and O–H groups in total. The first kappa shape index (κ1) is 14.9. The van der Waals surface area contributed by atoms with Crippen LogP contribution in [-0.2, 0) is 0 Å². The third-order valence-electron chi connectivity index (χ3n) is 2.83. The highest BCUT2D eigenvalue weighted by atomic mass is 16.5. The summed E-state index contributed by atoms with van der Waals surface area (Å²) in [5, 5.41) is 9.19. The summed E-state index contributed by atoms with van der Waals surface area (Å²) in [6.07, 6.45) is 3.42. The second-order valence-electron chi connectivity index (χ2n) is 4.98. The molecule has 0 radical (unpaired) electrons. The van der Waals surface area contributed by atoms with Crippen molar-refractivity contribution >= 4 is 11.9 Å². The molecule has 3 heteroatoms. The van der Waals surface area contributed by atoms with Gasteiger partial charge in [0.2, 0.25) is 0 Å². The fourth-order valence-electron chi connectivity index (χ4n) is 1.82. The van der Waals surface area contributed by atoms with E-state index in [-0.39, 0.29) is 17.6 Å². The molecule has 0 aromatic heterocycles. The van der Waals surface area contributed by atoms with Crippen LogP contribution in [0.25, 0.3) is 6.08 Å². The number of aromatic hydroxyl groups is 1. The molecule has 2 aromatic rings. The Morgan fingerprint density at radius 1 is 1.05 bits per heavy atom. The minimum Gasteiger partial charge on any atom is -0.508 e. The minimum atomic E-state index is -0.0995. The molecular weight excluding hydrogens is 264 g/mol. The Balaban J connectivity index is 2.03. The van der Waals surface area contributed by atoms with Crippen molar-refractivity contribution in [2.75, 3.05) is 0 Å². The Bertz CT molecular complexity index is 623. The predicted molar refractivity (Wildman–Crippen MR) is 83.7 cm³/mol. The predicted octanol–water partition coefficient (Wildman–Crippen LogP) is 4.08. The molecular formula is C18H18O3. The van der Waals surface area contributed by atoms with E-state index in [0.717, 1.165) is 11.3 Å². The van der Waals surface area contributed by atoms with Gasteiger partial charge in [0.25, 0.3) is 0 Å². The highest BCUT2D eigenvalue weighted by Gasteiger charge is 2.01. The lowest BCUT2D eigenvalue weighted by atomic mass is 10.1. The zero-order valence-corrected chi connectivity index (χ0v) is 12.1. The average molecular weight is 282 g/mol. The van der Waals surface area contributed by atoms with Gasteiger partial charge in [0.05, 0.1) is 6.10 Å². The monoisotopic (exact) mass is 282 g/mol. The fraction of sp³-hybridized carbons (Fsp3) is 0.167. The summed E-state index contributed by atoms with van der Waals surface area (Å²) in [6.45, 7) is 3.95. The molecule has 0 atom stereocenters. The van der Waals surface area contributed by atoms with Crippen LogP contribution in [0.5, 0.6) is 11.5 Å². The van der Waals surface area contributed by atoms with Crippen LogP contribution in [0.2, 0.25) is 0 Å². The maximum Gasteiger partial charge on any atom is 0.185 e. The average Bonchev–Trinajstić information content (AvgIpc) is 2.46. The van der Waals surface area contributed by atoms with E-state index in [2.05, 4.69) is 0 Å². The molecule has 2 aromatic carbocycles. The molecule has 21 heavy (non-hydrogen) atoms. The number of rotatable bonds is 5. The summed E-state index contributed by atoms with van der Waals surface area (Å²) < 4.78 is 5.56. The first-order chi connectivity index (χ1) is 10.0. The molecule has 0 aliphatic heterocycles. The second-order valence-corrected chi connectivity index (χ2v) is 4.98. The van der Waals surface area contributed by atoms with Crippen LogP contribution in [-0.4, -0.2) is 17.0 Å². The van der Waals surface area contributed by atoms with Gasteiger partial charge in [0.15, 0.2) is 5.78 Å².